The number of ether oxygens (including phenoxy) is 2. The van der Waals surface area contributed by atoms with Gasteiger partial charge in [-0.2, -0.15) is 0 Å². The molecule has 0 aliphatic carbocycles. The van der Waals surface area contributed by atoms with Gasteiger partial charge in [-0.05, 0) is 36.8 Å². The Balaban J connectivity index is 2.27. The molecule has 0 aromatic heterocycles. The quantitative estimate of drug-likeness (QED) is 0.819. The predicted octanol–water partition coefficient (Wildman–Crippen LogP) is 2.22. The van der Waals surface area contributed by atoms with Gasteiger partial charge in [0.1, 0.15) is 23.1 Å². The van der Waals surface area contributed by atoms with Crippen LogP contribution in [0.5, 0.6) is 5.75 Å². The molecule has 0 saturated carbocycles. The second kappa shape index (κ2) is 7.02. The molecule has 5 nitrogen and oxygen atoms in total. The van der Waals surface area contributed by atoms with Crippen LogP contribution in [0, 0.1) is 0 Å². The molecule has 2 N–H and O–H groups in total. The van der Waals surface area contributed by atoms with Gasteiger partial charge in [-0.25, -0.2) is 0 Å². The van der Waals surface area contributed by atoms with Crippen molar-refractivity contribution in [1.82, 2.24) is 0 Å². The first kappa shape index (κ1) is 15.9. The van der Waals surface area contributed by atoms with Crippen molar-refractivity contribution in [2.24, 2.45) is 15.7 Å². The highest BCUT2D eigenvalue weighted by Crippen LogP contribution is 2.25. The number of nitrogens with zero attached hydrogens (tertiary/aromatic N) is 2. The number of nitrogens with two attached hydrogens (primary N) is 1. The average molecular weight is 310 g/mol. The molecule has 1 aliphatic heterocycles. The third-order valence-electron chi connectivity index (χ3n) is 3.44. The highest BCUT2D eigenvalue weighted by molar-refractivity contribution is 6.70. The lowest BCUT2D eigenvalue weighted by Crippen LogP contribution is -2.55. The summed E-state index contributed by atoms with van der Waals surface area (Å²) in [5.41, 5.74) is 7.25. The Labute approximate surface area is 129 Å². The third-order valence-corrected chi connectivity index (χ3v) is 3.89. The summed E-state index contributed by atoms with van der Waals surface area (Å²) < 4.78 is 10.6. The fraction of sp³-hybridized carbons (Fsp3) is 0.467. The van der Waals surface area contributed by atoms with Crippen LogP contribution in [0.25, 0.3) is 0 Å². The van der Waals surface area contributed by atoms with Gasteiger partial charge in [0.2, 0.25) is 0 Å². The van der Waals surface area contributed by atoms with E-state index in [1.54, 1.807) is 7.11 Å². The van der Waals surface area contributed by atoms with E-state index in [4.69, 9.17) is 26.8 Å². The molecule has 0 fully saturated rings. The molecule has 21 heavy (non-hydrogen) atoms. The van der Waals surface area contributed by atoms with Crippen molar-refractivity contribution in [1.29, 1.82) is 0 Å². The summed E-state index contributed by atoms with van der Waals surface area (Å²) in [5, 5.41) is 0.378. The Morgan fingerprint density at radius 3 is 2.62 bits per heavy atom. The molecule has 1 aromatic rings. The molecule has 0 bridgehead atoms. The number of hydrogen-bond acceptors (Lipinski definition) is 5. The molecule has 1 heterocycles. The van der Waals surface area contributed by atoms with Crippen molar-refractivity contribution < 1.29 is 9.47 Å². The molecule has 1 atom stereocenters. The number of methoxy groups -OCH3 is 1. The fourth-order valence-corrected chi connectivity index (χ4v) is 2.48. The van der Waals surface area contributed by atoms with Crippen LogP contribution in [-0.4, -0.2) is 43.4 Å². The van der Waals surface area contributed by atoms with Crippen molar-refractivity contribution in [2.45, 2.75) is 18.9 Å². The SMILES string of the molecule is CCOCCC1(N)C(Cl)=NCN=C1c1ccc(OC)cc1. The molecule has 0 saturated heterocycles. The van der Waals surface area contributed by atoms with E-state index in [1.807, 2.05) is 31.2 Å². The summed E-state index contributed by atoms with van der Waals surface area (Å²) in [6, 6.07) is 7.60. The van der Waals surface area contributed by atoms with Gasteiger partial charge in [-0.3, -0.25) is 9.98 Å². The minimum absolute atomic E-state index is 0.299. The third kappa shape index (κ3) is 3.43. The van der Waals surface area contributed by atoms with Gasteiger partial charge in [0.25, 0.3) is 0 Å². The van der Waals surface area contributed by atoms with E-state index in [2.05, 4.69) is 9.98 Å². The van der Waals surface area contributed by atoms with Crippen LogP contribution in [-0.2, 0) is 4.74 Å². The van der Waals surface area contributed by atoms with E-state index in [9.17, 15) is 0 Å². The molecule has 0 amide bonds. The normalized spacial score (nSPS) is 21.7. The second-order valence-electron chi connectivity index (χ2n) is 4.74. The van der Waals surface area contributed by atoms with E-state index >= 15 is 0 Å². The molecule has 1 unspecified atom stereocenters. The fourth-order valence-electron chi connectivity index (χ4n) is 2.24. The van der Waals surface area contributed by atoms with E-state index in [0.717, 1.165) is 17.0 Å². The molecule has 0 spiro atoms. The van der Waals surface area contributed by atoms with Crippen molar-refractivity contribution >= 4 is 22.5 Å². The van der Waals surface area contributed by atoms with Gasteiger partial charge < -0.3 is 15.2 Å². The van der Waals surface area contributed by atoms with Crippen molar-refractivity contribution in [3.8, 4) is 5.75 Å². The monoisotopic (exact) mass is 309 g/mol. The lowest BCUT2D eigenvalue weighted by molar-refractivity contribution is 0.140. The van der Waals surface area contributed by atoms with Crippen LogP contribution in [0.2, 0.25) is 0 Å². The Morgan fingerprint density at radius 2 is 2.00 bits per heavy atom. The Bertz CT molecular complexity index is 542. The Kier molecular flexibility index (Phi) is 5.33. The first-order valence-corrected chi connectivity index (χ1v) is 7.26. The summed E-state index contributed by atoms with van der Waals surface area (Å²) in [5.74, 6) is 0.784. The first-order chi connectivity index (χ1) is 10.1. The minimum atomic E-state index is -0.899. The van der Waals surface area contributed by atoms with Gasteiger partial charge in [0.05, 0.1) is 12.8 Å². The standard InChI is InChI=1S/C15H20ClN3O2/c1-3-21-9-8-15(17)13(18-10-19-14(15)16)11-4-6-12(20-2)7-5-11/h4-7H,3,8-10,17H2,1-2H3. The maximum absolute atomic E-state index is 6.49. The van der Waals surface area contributed by atoms with Gasteiger partial charge >= 0.3 is 0 Å². The van der Waals surface area contributed by atoms with Crippen molar-refractivity contribution in [3.63, 3.8) is 0 Å². The number of aliphatic imine (C=N–C) groups is 2. The van der Waals surface area contributed by atoms with E-state index in [0.29, 0.717) is 31.5 Å². The van der Waals surface area contributed by atoms with Crippen molar-refractivity contribution in [2.75, 3.05) is 27.0 Å². The van der Waals surface area contributed by atoms with Crippen LogP contribution < -0.4 is 10.5 Å². The molecule has 1 aromatic carbocycles. The highest BCUT2D eigenvalue weighted by atomic mass is 35.5. The zero-order valence-electron chi connectivity index (χ0n) is 12.3. The van der Waals surface area contributed by atoms with Crippen LogP contribution in [0.3, 0.4) is 0 Å². The summed E-state index contributed by atoms with van der Waals surface area (Å²) in [7, 11) is 1.63. The van der Waals surface area contributed by atoms with Crippen molar-refractivity contribution in [3.05, 3.63) is 29.8 Å². The molecular weight excluding hydrogens is 290 g/mol. The maximum atomic E-state index is 6.49. The predicted molar refractivity (Wildman–Crippen MR) is 85.7 cm³/mol. The summed E-state index contributed by atoms with van der Waals surface area (Å²) in [6.45, 7) is 3.39. The number of benzene rings is 1. The van der Waals surface area contributed by atoms with E-state index < -0.39 is 5.54 Å². The highest BCUT2D eigenvalue weighted by Gasteiger charge is 2.38. The van der Waals surface area contributed by atoms with Crippen LogP contribution in [0.1, 0.15) is 18.9 Å². The number of hydrogen-bond donors (Lipinski definition) is 1. The molecule has 2 rings (SSSR count). The summed E-state index contributed by atoms with van der Waals surface area (Å²) in [6.07, 6.45) is 0.536. The minimum Gasteiger partial charge on any atom is -0.497 e. The smallest absolute Gasteiger partial charge is 0.131 e. The van der Waals surface area contributed by atoms with Crippen LogP contribution >= 0.6 is 11.6 Å². The van der Waals surface area contributed by atoms with Gasteiger partial charge in [0.15, 0.2) is 0 Å². The zero-order valence-corrected chi connectivity index (χ0v) is 13.1. The maximum Gasteiger partial charge on any atom is 0.131 e. The zero-order chi connectivity index (χ0) is 15.3. The Morgan fingerprint density at radius 1 is 1.29 bits per heavy atom. The van der Waals surface area contributed by atoms with Gasteiger partial charge in [-0.1, -0.05) is 11.6 Å². The topological polar surface area (TPSA) is 69.2 Å². The molecule has 0 radical (unpaired) electrons. The number of rotatable bonds is 6. The lowest BCUT2D eigenvalue weighted by atomic mass is 9.86. The molecule has 114 valence electrons. The average Bonchev–Trinajstić information content (AvgIpc) is 2.51. The summed E-state index contributed by atoms with van der Waals surface area (Å²) in [4.78, 5) is 8.62. The molecular formula is C15H20ClN3O2. The number of halogens is 1. The summed E-state index contributed by atoms with van der Waals surface area (Å²) >= 11 is 6.27. The van der Waals surface area contributed by atoms with Crippen LogP contribution in [0.4, 0.5) is 0 Å². The second-order valence-corrected chi connectivity index (χ2v) is 5.10. The lowest BCUT2D eigenvalue weighted by Gasteiger charge is -2.32. The van der Waals surface area contributed by atoms with E-state index in [1.165, 1.54) is 0 Å². The van der Waals surface area contributed by atoms with Gasteiger partial charge in [0, 0.05) is 19.6 Å². The largest absolute Gasteiger partial charge is 0.497 e. The van der Waals surface area contributed by atoms with Crippen LogP contribution in [0.15, 0.2) is 34.3 Å². The molecule has 1 aliphatic rings. The van der Waals surface area contributed by atoms with E-state index in [-0.39, 0.29) is 0 Å². The molecule has 6 heteroatoms. The van der Waals surface area contributed by atoms with Gasteiger partial charge in [-0.15, -0.1) is 0 Å². The Hall–Kier alpha value is -1.43. The first-order valence-electron chi connectivity index (χ1n) is 6.88.